The van der Waals surface area contributed by atoms with Crippen molar-refractivity contribution < 1.29 is 4.92 Å². The van der Waals surface area contributed by atoms with E-state index >= 15 is 0 Å². The van der Waals surface area contributed by atoms with E-state index in [-0.39, 0.29) is 22.6 Å². The predicted octanol–water partition coefficient (Wildman–Crippen LogP) is 2.10. The van der Waals surface area contributed by atoms with Gasteiger partial charge in [-0.05, 0) is 19.3 Å². The van der Waals surface area contributed by atoms with Gasteiger partial charge in [0.05, 0.1) is 4.92 Å². The summed E-state index contributed by atoms with van der Waals surface area (Å²) in [6, 6.07) is 1.03. The van der Waals surface area contributed by atoms with Crippen molar-refractivity contribution in [3.8, 4) is 0 Å². The first-order chi connectivity index (χ1) is 9.97. The van der Waals surface area contributed by atoms with E-state index in [9.17, 15) is 10.1 Å². The summed E-state index contributed by atoms with van der Waals surface area (Å²) in [5.74, 6) is 0.588. The quantitative estimate of drug-likeness (QED) is 0.664. The summed E-state index contributed by atoms with van der Waals surface area (Å²) in [6.45, 7) is 5.93. The third kappa shape index (κ3) is 2.74. The lowest BCUT2D eigenvalue weighted by Crippen LogP contribution is -2.28. The first kappa shape index (κ1) is 14.3. The molecule has 1 N–H and O–H groups in total. The molecule has 116 valence electrons. The molecule has 7 nitrogen and oxygen atoms in total. The Morgan fingerprint density at radius 2 is 2.10 bits per heavy atom. The first-order valence-corrected chi connectivity index (χ1v) is 7.69. The molecule has 0 radical (unpaired) electrons. The Bertz CT molecular complexity index is 550. The minimum absolute atomic E-state index is 0.0405. The molecule has 0 aromatic carbocycles. The Morgan fingerprint density at radius 1 is 1.38 bits per heavy atom. The molecule has 1 unspecified atom stereocenters. The van der Waals surface area contributed by atoms with E-state index in [2.05, 4.69) is 15.3 Å². The minimum atomic E-state index is -0.307. The van der Waals surface area contributed by atoms with Crippen LogP contribution in [0.1, 0.15) is 44.7 Å². The second-order valence-electron chi connectivity index (χ2n) is 6.47. The van der Waals surface area contributed by atoms with Crippen LogP contribution in [-0.2, 0) is 7.05 Å². The zero-order chi connectivity index (χ0) is 15.1. The second kappa shape index (κ2) is 5.29. The van der Waals surface area contributed by atoms with Crippen molar-refractivity contribution in [3.63, 3.8) is 0 Å². The van der Waals surface area contributed by atoms with E-state index in [1.807, 2.05) is 13.8 Å². The van der Waals surface area contributed by atoms with Gasteiger partial charge in [-0.3, -0.25) is 15.0 Å². The summed E-state index contributed by atoms with van der Waals surface area (Å²) in [7, 11) is 1.77. The summed E-state index contributed by atoms with van der Waals surface area (Å²) in [5.41, 5.74) is 0.694. The van der Waals surface area contributed by atoms with Gasteiger partial charge in [0.15, 0.2) is 0 Å². The predicted molar refractivity (Wildman–Crippen MR) is 80.6 cm³/mol. The van der Waals surface area contributed by atoms with Gasteiger partial charge in [0, 0.05) is 38.1 Å². The zero-order valence-corrected chi connectivity index (χ0v) is 12.9. The van der Waals surface area contributed by atoms with Gasteiger partial charge >= 0.3 is 5.69 Å². The standard InChI is InChI=1S/C14H23N5O2/c1-9(2)12-13(19(20)21)14(17(3)16-12)15-10-6-7-18(8-10)11-4-5-11/h9-11,15H,4-8H2,1-3H3. The minimum Gasteiger partial charge on any atom is -0.360 e. The molecule has 1 aromatic rings. The first-order valence-electron chi connectivity index (χ1n) is 7.69. The fraction of sp³-hybridized carbons (Fsp3) is 0.786. The number of hydrogen-bond acceptors (Lipinski definition) is 5. The van der Waals surface area contributed by atoms with E-state index in [4.69, 9.17) is 0 Å². The number of nitrogens with zero attached hydrogens (tertiary/aromatic N) is 4. The monoisotopic (exact) mass is 293 g/mol. The van der Waals surface area contributed by atoms with Gasteiger partial charge in [-0.2, -0.15) is 5.10 Å². The molecule has 0 bridgehead atoms. The van der Waals surface area contributed by atoms with E-state index in [1.54, 1.807) is 11.7 Å². The molecule has 7 heteroatoms. The number of aromatic nitrogens is 2. The maximum absolute atomic E-state index is 11.4. The topological polar surface area (TPSA) is 76.2 Å². The van der Waals surface area contributed by atoms with Crippen molar-refractivity contribution >= 4 is 11.5 Å². The van der Waals surface area contributed by atoms with Crippen LogP contribution < -0.4 is 5.32 Å². The third-order valence-corrected chi connectivity index (χ3v) is 4.40. The molecule has 21 heavy (non-hydrogen) atoms. The van der Waals surface area contributed by atoms with Gasteiger partial charge in [-0.25, -0.2) is 4.68 Å². The van der Waals surface area contributed by atoms with Crippen LogP contribution in [0, 0.1) is 10.1 Å². The zero-order valence-electron chi connectivity index (χ0n) is 12.9. The van der Waals surface area contributed by atoms with E-state index in [0.717, 1.165) is 25.6 Å². The molecule has 1 aliphatic carbocycles. The van der Waals surface area contributed by atoms with Crippen LogP contribution >= 0.6 is 0 Å². The highest BCUT2D eigenvalue weighted by Crippen LogP contribution is 2.35. The van der Waals surface area contributed by atoms with E-state index < -0.39 is 0 Å². The normalized spacial score (nSPS) is 23.0. The molecule has 2 heterocycles. The van der Waals surface area contributed by atoms with E-state index in [1.165, 1.54) is 12.8 Å². The van der Waals surface area contributed by atoms with Gasteiger partial charge in [-0.15, -0.1) is 0 Å². The number of nitro groups is 1. The molecule has 1 aliphatic heterocycles. The Labute approximate surface area is 124 Å². The van der Waals surface area contributed by atoms with Gasteiger partial charge < -0.3 is 5.32 Å². The maximum Gasteiger partial charge on any atom is 0.334 e. The van der Waals surface area contributed by atoms with Crippen LogP contribution in [0.3, 0.4) is 0 Å². The highest BCUT2D eigenvalue weighted by Gasteiger charge is 2.36. The number of nitrogens with one attached hydrogen (secondary N) is 1. The van der Waals surface area contributed by atoms with Gasteiger partial charge in [-0.1, -0.05) is 13.8 Å². The summed E-state index contributed by atoms with van der Waals surface area (Å²) >= 11 is 0. The molecular weight excluding hydrogens is 270 g/mol. The Morgan fingerprint density at radius 3 is 2.67 bits per heavy atom. The number of aryl methyl sites for hydroxylation is 1. The average molecular weight is 293 g/mol. The fourth-order valence-corrected chi connectivity index (χ4v) is 3.13. The Balaban J connectivity index is 1.79. The van der Waals surface area contributed by atoms with E-state index in [0.29, 0.717) is 11.5 Å². The average Bonchev–Trinajstić information content (AvgIpc) is 3.07. The molecule has 2 fully saturated rings. The molecule has 1 saturated heterocycles. The van der Waals surface area contributed by atoms with Crippen LogP contribution in [0.25, 0.3) is 0 Å². The molecule has 1 aromatic heterocycles. The number of anilines is 1. The smallest absolute Gasteiger partial charge is 0.334 e. The lowest BCUT2D eigenvalue weighted by Gasteiger charge is -2.16. The van der Waals surface area contributed by atoms with Crippen molar-refractivity contribution in [3.05, 3.63) is 15.8 Å². The van der Waals surface area contributed by atoms with Crippen LogP contribution in [0.4, 0.5) is 11.5 Å². The molecule has 0 spiro atoms. The molecule has 1 saturated carbocycles. The van der Waals surface area contributed by atoms with Crippen LogP contribution in [0.15, 0.2) is 0 Å². The van der Waals surface area contributed by atoms with Crippen LogP contribution in [-0.4, -0.2) is 44.8 Å². The Kier molecular flexibility index (Phi) is 3.61. The summed E-state index contributed by atoms with van der Waals surface area (Å²) < 4.78 is 1.62. The summed E-state index contributed by atoms with van der Waals surface area (Å²) in [5, 5.41) is 19.1. The summed E-state index contributed by atoms with van der Waals surface area (Å²) in [6.07, 6.45) is 3.64. The Hall–Kier alpha value is -1.63. The number of rotatable bonds is 5. The van der Waals surface area contributed by atoms with Crippen molar-refractivity contribution in [1.29, 1.82) is 0 Å². The molecule has 2 aliphatic rings. The SMILES string of the molecule is CC(C)c1nn(C)c(NC2CCN(C3CC3)C2)c1[N+](=O)[O-]. The number of likely N-dealkylation sites (tertiary alicyclic amines) is 1. The largest absolute Gasteiger partial charge is 0.360 e. The highest BCUT2D eigenvalue weighted by molar-refractivity contribution is 5.61. The second-order valence-corrected chi connectivity index (χ2v) is 6.47. The van der Waals surface area contributed by atoms with Crippen LogP contribution in [0.2, 0.25) is 0 Å². The molecule has 3 rings (SSSR count). The lowest BCUT2D eigenvalue weighted by atomic mass is 10.1. The third-order valence-electron chi connectivity index (χ3n) is 4.40. The number of hydrogen-bond donors (Lipinski definition) is 1. The molecular formula is C14H23N5O2. The van der Waals surface area contributed by atoms with Crippen LogP contribution in [0.5, 0.6) is 0 Å². The molecule has 0 amide bonds. The molecule has 1 atom stereocenters. The van der Waals surface area contributed by atoms with Gasteiger partial charge in [0.25, 0.3) is 0 Å². The van der Waals surface area contributed by atoms with Crippen molar-refractivity contribution in [2.75, 3.05) is 18.4 Å². The van der Waals surface area contributed by atoms with Crippen molar-refractivity contribution in [1.82, 2.24) is 14.7 Å². The maximum atomic E-state index is 11.4. The summed E-state index contributed by atoms with van der Waals surface area (Å²) in [4.78, 5) is 13.6. The highest BCUT2D eigenvalue weighted by atomic mass is 16.6. The van der Waals surface area contributed by atoms with Crippen molar-refractivity contribution in [2.24, 2.45) is 7.05 Å². The van der Waals surface area contributed by atoms with Gasteiger partial charge in [0.1, 0.15) is 5.69 Å². The van der Waals surface area contributed by atoms with Crippen molar-refractivity contribution in [2.45, 2.75) is 51.1 Å². The van der Waals surface area contributed by atoms with Gasteiger partial charge in [0.2, 0.25) is 5.82 Å². The lowest BCUT2D eigenvalue weighted by molar-refractivity contribution is -0.384. The fourth-order valence-electron chi connectivity index (χ4n) is 3.13.